The van der Waals surface area contributed by atoms with Gasteiger partial charge in [0.2, 0.25) is 0 Å². The maximum Gasteiger partial charge on any atom is 0.405 e. The van der Waals surface area contributed by atoms with E-state index in [1.54, 1.807) is 23.6 Å². The first-order valence-corrected chi connectivity index (χ1v) is 6.09. The van der Waals surface area contributed by atoms with Gasteiger partial charge in [0.05, 0.1) is 5.84 Å². The number of rotatable bonds is 6. The van der Waals surface area contributed by atoms with Crippen LogP contribution >= 0.6 is 0 Å². The molecule has 0 spiro atoms. The molecule has 2 amide bonds. The van der Waals surface area contributed by atoms with Crippen LogP contribution < -0.4 is 11.1 Å². The lowest BCUT2D eigenvalue weighted by atomic mass is 10.2. The Morgan fingerprint density at radius 1 is 1.48 bits per heavy atom. The molecule has 0 aliphatic heterocycles. The molecule has 0 bridgehead atoms. The summed E-state index contributed by atoms with van der Waals surface area (Å²) in [6.45, 7) is -1.27. The molecule has 0 saturated carbocycles. The summed E-state index contributed by atoms with van der Waals surface area (Å²) in [5.41, 5.74) is 5.88. The minimum Gasteiger partial charge on any atom is -0.388 e. The summed E-state index contributed by atoms with van der Waals surface area (Å²) in [5, 5.41) is 8.93. The first-order valence-electron chi connectivity index (χ1n) is 6.09. The zero-order valence-corrected chi connectivity index (χ0v) is 11.2. The van der Waals surface area contributed by atoms with Crippen molar-refractivity contribution in [2.24, 2.45) is 5.73 Å². The van der Waals surface area contributed by atoms with E-state index in [0.717, 1.165) is 4.90 Å². The van der Waals surface area contributed by atoms with Gasteiger partial charge < -0.3 is 16.0 Å². The Kier molecular flexibility index (Phi) is 5.94. The van der Waals surface area contributed by atoms with Gasteiger partial charge >= 0.3 is 12.2 Å². The molecule has 21 heavy (non-hydrogen) atoms. The van der Waals surface area contributed by atoms with Crippen molar-refractivity contribution in [3.05, 3.63) is 30.1 Å². The summed E-state index contributed by atoms with van der Waals surface area (Å²) in [5.74, 6) is -0.144. The van der Waals surface area contributed by atoms with E-state index in [9.17, 15) is 18.0 Å². The van der Waals surface area contributed by atoms with Crippen LogP contribution in [0.2, 0.25) is 0 Å². The van der Waals surface area contributed by atoms with Gasteiger partial charge in [0.25, 0.3) is 0 Å². The number of amides is 2. The van der Waals surface area contributed by atoms with Gasteiger partial charge in [-0.25, -0.2) is 4.79 Å². The number of nitrogens with one attached hydrogen (secondary N) is 2. The van der Waals surface area contributed by atoms with Gasteiger partial charge in [-0.05, 0) is 11.6 Å². The molecule has 9 heteroatoms. The average molecular weight is 303 g/mol. The molecule has 4 N–H and O–H groups in total. The molecule has 0 atom stereocenters. The maximum absolute atomic E-state index is 12.1. The van der Waals surface area contributed by atoms with Crippen LogP contribution in [0.4, 0.5) is 18.0 Å². The number of nitrogens with two attached hydrogens (primary N) is 1. The van der Waals surface area contributed by atoms with Crippen LogP contribution in [0, 0.1) is 5.41 Å². The average Bonchev–Trinajstić information content (AvgIpc) is 2.41. The molecule has 1 heterocycles. The number of aromatic nitrogens is 1. The molecule has 116 valence electrons. The van der Waals surface area contributed by atoms with Crippen molar-refractivity contribution in [3.8, 4) is 0 Å². The second-order valence-electron chi connectivity index (χ2n) is 4.33. The van der Waals surface area contributed by atoms with E-state index in [1.165, 1.54) is 6.20 Å². The molecule has 6 nitrogen and oxygen atoms in total. The highest BCUT2D eigenvalue weighted by molar-refractivity contribution is 5.78. The lowest BCUT2D eigenvalue weighted by molar-refractivity contribution is -0.123. The van der Waals surface area contributed by atoms with Crippen molar-refractivity contribution in [1.29, 1.82) is 5.41 Å². The maximum atomic E-state index is 12.1. The van der Waals surface area contributed by atoms with Gasteiger partial charge in [-0.3, -0.25) is 10.4 Å². The van der Waals surface area contributed by atoms with Crippen molar-refractivity contribution in [2.75, 3.05) is 13.1 Å². The normalized spacial score (nSPS) is 11.0. The Balaban J connectivity index is 2.67. The number of halogens is 3. The van der Waals surface area contributed by atoms with Gasteiger partial charge in [0, 0.05) is 31.9 Å². The van der Waals surface area contributed by atoms with E-state index in [0.29, 0.717) is 5.56 Å². The fourth-order valence-corrected chi connectivity index (χ4v) is 1.51. The van der Waals surface area contributed by atoms with E-state index in [1.807, 2.05) is 0 Å². The van der Waals surface area contributed by atoms with Crippen LogP contribution in [0.25, 0.3) is 0 Å². The van der Waals surface area contributed by atoms with Gasteiger partial charge in [-0.1, -0.05) is 6.07 Å². The summed E-state index contributed by atoms with van der Waals surface area (Å²) < 4.78 is 36.4. The zero-order chi connectivity index (χ0) is 15.9. The Morgan fingerprint density at radius 2 is 2.19 bits per heavy atom. The molecule has 1 aromatic rings. The third-order valence-electron chi connectivity index (χ3n) is 2.47. The van der Waals surface area contributed by atoms with Gasteiger partial charge in [-0.2, -0.15) is 13.2 Å². The molecule has 1 aromatic heterocycles. The quantitative estimate of drug-likeness (QED) is 0.549. The fraction of sp³-hybridized carbons (Fsp3) is 0.417. The summed E-state index contributed by atoms with van der Waals surface area (Å²) in [6.07, 6.45) is -1.33. The summed E-state index contributed by atoms with van der Waals surface area (Å²) in [6, 6.07) is 2.49. The van der Waals surface area contributed by atoms with Crippen molar-refractivity contribution in [2.45, 2.75) is 19.1 Å². The Bertz CT molecular complexity index is 478. The van der Waals surface area contributed by atoms with Gasteiger partial charge in [0.15, 0.2) is 0 Å². The predicted octanol–water partition coefficient (Wildman–Crippen LogP) is 1.48. The number of urea groups is 1. The van der Waals surface area contributed by atoms with Crippen molar-refractivity contribution >= 4 is 11.9 Å². The lowest BCUT2D eigenvalue weighted by Gasteiger charge is -2.23. The van der Waals surface area contributed by atoms with Crippen molar-refractivity contribution < 1.29 is 18.0 Å². The second kappa shape index (κ2) is 7.46. The van der Waals surface area contributed by atoms with Crippen molar-refractivity contribution in [1.82, 2.24) is 15.2 Å². The molecule has 0 aromatic carbocycles. The van der Waals surface area contributed by atoms with Gasteiger partial charge in [-0.15, -0.1) is 0 Å². The summed E-state index contributed by atoms with van der Waals surface area (Å²) >= 11 is 0. The summed E-state index contributed by atoms with van der Waals surface area (Å²) in [7, 11) is 0. The standard InChI is InChI=1S/C12H16F3N5O/c13-12(14,15)8-19-11(21)20(5-3-10(16)17)7-9-2-1-4-18-6-9/h1-2,4,6H,3,5,7-8H2,(H3,16,17)(H,19,21). The molecule has 0 radical (unpaired) electrons. The summed E-state index contributed by atoms with van der Waals surface area (Å²) in [4.78, 5) is 16.8. The van der Waals surface area contributed by atoms with Crippen LogP contribution in [0.5, 0.6) is 0 Å². The molecule has 0 saturated heterocycles. The molecule has 0 unspecified atom stereocenters. The van der Waals surface area contributed by atoms with E-state index in [2.05, 4.69) is 4.98 Å². The molecule has 0 aliphatic rings. The second-order valence-corrected chi connectivity index (χ2v) is 4.33. The molecular formula is C12H16F3N5O. The Morgan fingerprint density at radius 3 is 2.71 bits per heavy atom. The number of alkyl halides is 3. The number of amidine groups is 1. The van der Waals surface area contributed by atoms with E-state index >= 15 is 0 Å². The van der Waals surface area contributed by atoms with E-state index in [-0.39, 0.29) is 25.3 Å². The van der Waals surface area contributed by atoms with Crippen LogP contribution in [-0.4, -0.2) is 41.0 Å². The lowest BCUT2D eigenvalue weighted by Crippen LogP contribution is -2.44. The number of carbonyl (C=O) groups is 1. The van der Waals surface area contributed by atoms with Crippen molar-refractivity contribution in [3.63, 3.8) is 0 Å². The first-order chi connectivity index (χ1) is 9.78. The molecule has 1 rings (SSSR count). The minimum absolute atomic E-state index is 0.0495. The number of carbonyl (C=O) groups excluding carboxylic acids is 1. The smallest absolute Gasteiger partial charge is 0.388 e. The third-order valence-corrected chi connectivity index (χ3v) is 2.47. The highest BCUT2D eigenvalue weighted by atomic mass is 19.4. The number of nitrogens with zero attached hydrogens (tertiary/aromatic N) is 2. The first kappa shape index (κ1) is 16.7. The number of hydrogen-bond acceptors (Lipinski definition) is 3. The Hall–Kier alpha value is -2.32. The zero-order valence-electron chi connectivity index (χ0n) is 11.2. The van der Waals surface area contributed by atoms with Crippen LogP contribution in [0.1, 0.15) is 12.0 Å². The molecule has 0 aliphatic carbocycles. The van der Waals surface area contributed by atoms with E-state index < -0.39 is 18.8 Å². The Labute approximate surface area is 119 Å². The van der Waals surface area contributed by atoms with E-state index in [4.69, 9.17) is 11.1 Å². The highest BCUT2D eigenvalue weighted by Gasteiger charge is 2.28. The van der Waals surface area contributed by atoms with Crippen LogP contribution in [0.3, 0.4) is 0 Å². The minimum atomic E-state index is -4.48. The highest BCUT2D eigenvalue weighted by Crippen LogP contribution is 2.13. The fourth-order valence-electron chi connectivity index (χ4n) is 1.51. The van der Waals surface area contributed by atoms with Crippen LogP contribution in [0.15, 0.2) is 24.5 Å². The van der Waals surface area contributed by atoms with Crippen LogP contribution in [-0.2, 0) is 6.54 Å². The largest absolute Gasteiger partial charge is 0.405 e. The van der Waals surface area contributed by atoms with Gasteiger partial charge in [0.1, 0.15) is 6.54 Å². The topological polar surface area (TPSA) is 95.1 Å². The molecular weight excluding hydrogens is 287 g/mol. The number of hydrogen-bond donors (Lipinski definition) is 3. The number of pyridine rings is 1. The SMILES string of the molecule is N=C(N)CCN(Cc1cccnc1)C(=O)NCC(F)(F)F. The third kappa shape index (κ3) is 7.14. The predicted molar refractivity (Wildman–Crippen MR) is 70.6 cm³/mol. The monoisotopic (exact) mass is 303 g/mol. The molecule has 0 fully saturated rings.